The Bertz CT molecular complexity index is 576. The summed E-state index contributed by atoms with van der Waals surface area (Å²) in [4.78, 5) is 11.9. The lowest BCUT2D eigenvalue weighted by Crippen LogP contribution is -2.28. The van der Waals surface area contributed by atoms with Crippen LogP contribution in [0.3, 0.4) is 0 Å². The summed E-state index contributed by atoms with van der Waals surface area (Å²) in [5.41, 5.74) is 0.598. The first kappa shape index (κ1) is 13.0. The number of amides is 1. The fourth-order valence-electron chi connectivity index (χ4n) is 1.75. The molecule has 0 aliphatic heterocycles. The third kappa shape index (κ3) is 2.70. The minimum Gasteiger partial charge on any atom is -0.349 e. The maximum Gasteiger partial charge on any atom is 0.251 e. The van der Waals surface area contributed by atoms with Gasteiger partial charge in [0.05, 0.1) is 4.90 Å². The number of primary sulfonamides is 1. The second-order valence-corrected chi connectivity index (χ2v) is 6.85. The molecule has 1 aromatic rings. The van der Waals surface area contributed by atoms with Gasteiger partial charge in [0, 0.05) is 11.6 Å². The van der Waals surface area contributed by atoms with Crippen LogP contribution in [0.1, 0.15) is 30.6 Å². The molecule has 0 heterocycles. The minimum atomic E-state index is -3.71. The van der Waals surface area contributed by atoms with Gasteiger partial charge in [0.15, 0.2) is 0 Å². The van der Waals surface area contributed by atoms with Gasteiger partial charge in [0.25, 0.3) is 5.91 Å². The average molecular weight is 268 g/mol. The van der Waals surface area contributed by atoms with Gasteiger partial charge in [-0.25, -0.2) is 13.6 Å². The third-order valence-corrected chi connectivity index (χ3v) is 4.19. The molecule has 0 radical (unpaired) electrons. The molecule has 0 spiro atoms. The second kappa shape index (κ2) is 4.07. The van der Waals surface area contributed by atoms with E-state index in [1.807, 2.05) is 0 Å². The standard InChI is InChI=1S/C12H16N2O3S/c1-12(2)7-10(12)14-11(15)8-3-5-9(6-4-8)18(13,16)17/h3-6,10H,7H2,1-2H3,(H,14,15)(H2,13,16,17). The summed E-state index contributed by atoms with van der Waals surface area (Å²) >= 11 is 0. The van der Waals surface area contributed by atoms with Crippen LogP contribution >= 0.6 is 0 Å². The van der Waals surface area contributed by atoms with Gasteiger partial charge in [-0.05, 0) is 36.1 Å². The molecule has 1 unspecified atom stereocenters. The van der Waals surface area contributed by atoms with Crippen molar-refractivity contribution in [3.8, 4) is 0 Å². The summed E-state index contributed by atoms with van der Waals surface area (Å²) in [5.74, 6) is -0.188. The number of hydrogen-bond donors (Lipinski definition) is 2. The molecule has 1 amide bonds. The normalized spacial score (nSPS) is 21.4. The molecule has 1 fully saturated rings. The Morgan fingerprint density at radius 3 is 2.22 bits per heavy atom. The Morgan fingerprint density at radius 2 is 1.83 bits per heavy atom. The lowest BCUT2D eigenvalue weighted by atomic mass is 10.1. The van der Waals surface area contributed by atoms with Crippen molar-refractivity contribution in [2.75, 3.05) is 0 Å². The molecule has 1 aromatic carbocycles. The number of nitrogens with one attached hydrogen (secondary N) is 1. The first-order valence-corrected chi connectivity index (χ1v) is 7.18. The van der Waals surface area contributed by atoms with Gasteiger partial charge in [-0.2, -0.15) is 0 Å². The predicted octanol–water partition coefficient (Wildman–Crippen LogP) is 0.862. The van der Waals surface area contributed by atoms with Crippen LogP contribution < -0.4 is 10.5 Å². The van der Waals surface area contributed by atoms with Crippen molar-refractivity contribution in [2.24, 2.45) is 10.6 Å². The molecule has 3 N–H and O–H groups in total. The van der Waals surface area contributed by atoms with E-state index in [2.05, 4.69) is 19.2 Å². The Balaban J connectivity index is 2.08. The van der Waals surface area contributed by atoms with Crippen LogP contribution in [0.4, 0.5) is 0 Å². The first-order chi connectivity index (χ1) is 8.20. The Labute approximate surface area is 106 Å². The smallest absolute Gasteiger partial charge is 0.251 e. The highest BCUT2D eigenvalue weighted by Gasteiger charge is 2.46. The fourth-order valence-corrected chi connectivity index (χ4v) is 2.27. The van der Waals surface area contributed by atoms with E-state index in [1.54, 1.807) is 0 Å². The second-order valence-electron chi connectivity index (χ2n) is 5.29. The molecule has 6 heteroatoms. The van der Waals surface area contributed by atoms with Crippen LogP contribution in [-0.4, -0.2) is 20.4 Å². The predicted molar refractivity (Wildman–Crippen MR) is 67.5 cm³/mol. The highest BCUT2D eigenvalue weighted by molar-refractivity contribution is 7.89. The van der Waals surface area contributed by atoms with E-state index in [1.165, 1.54) is 24.3 Å². The molecule has 5 nitrogen and oxygen atoms in total. The van der Waals surface area contributed by atoms with Gasteiger partial charge in [0.2, 0.25) is 10.0 Å². The quantitative estimate of drug-likeness (QED) is 0.852. The number of benzene rings is 1. The number of sulfonamides is 1. The van der Waals surface area contributed by atoms with Crippen LogP contribution in [0.2, 0.25) is 0 Å². The number of nitrogens with two attached hydrogens (primary N) is 1. The maximum atomic E-state index is 11.9. The van der Waals surface area contributed by atoms with E-state index < -0.39 is 10.0 Å². The van der Waals surface area contributed by atoms with E-state index in [0.29, 0.717) is 5.56 Å². The monoisotopic (exact) mass is 268 g/mol. The summed E-state index contributed by atoms with van der Waals surface area (Å²) < 4.78 is 22.1. The highest BCUT2D eigenvalue weighted by Crippen LogP contribution is 2.44. The van der Waals surface area contributed by atoms with Crippen molar-refractivity contribution in [1.82, 2.24) is 5.32 Å². The lowest BCUT2D eigenvalue weighted by Gasteiger charge is -2.07. The van der Waals surface area contributed by atoms with Crippen LogP contribution in [-0.2, 0) is 10.0 Å². The summed E-state index contributed by atoms with van der Waals surface area (Å²) in [7, 11) is -3.71. The summed E-state index contributed by atoms with van der Waals surface area (Å²) in [5, 5.41) is 7.88. The zero-order chi connectivity index (χ0) is 13.6. The van der Waals surface area contributed by atoms with Crippen molar-refractivity contribution < 1.29 is 13.2 Å². The van der Waals surface area contributed by atoms with Gasteiger partial charge in [-0.3, -0.25) is 4.79 Å². The minimum absolute atomic E-state index is 0.00537. The van der Waals surface area contributed by atoms with Crippen LogP contribution in [0.25, 0.3) is 0 Å². The molecule has 1 saturated carbocycles. The molecule has 98 valence electrons. The maximum absolute atomic E-state index is 11.9. The largest absolute Gasteiger partial charge is 0.349 e. The van der Waals surface area contributed by atoms with Crippen molar-refractivity contribution in [3.05, 3.63) is 29.8 Å². The van der Waals surface area contributed by atoms with Crippen LogP contribution in [0.15, 0.2) is 29.2 Å². The van der Waals surface area contributed by atoms with Crippen molar-refractivity contribution in [3.63, 3.8) is 0 Å². The van der Waals surface area contributed by atoms with Crippen molar-refractivity contribution >= 4 is 15.9 Å². The highest BCUT2D eigenvalue weighted by atomic mass is 32.2. The van der Waals surface area contributed by atoms with Crippen LogP contribution in [0, 0.1) is 5.41 Å². The fraction of sp³-hybridized carbons (Fsp3) is 0.417. The first-order valence-electron chi connectivity index (χ1n) is 5.64. The Kier molecular flexibility index (Phi) is 2.95. The zero-order valence-corrected chi connectivity index (χ0v) is 11.1. The van der Waals surface area contributed by atoms with Gasteiger partial charge in [-0.15, -0.1) is 0 Å². The van der Waals surface area contributed by atoms with E-state index in [4.69, 9.17) is 5.14 Å². The Morgan fingerprint density at radius 1 is 1.33 bits per heavy atom. The van der Waals surface area contributed by atoms with E-state index in [9.17, 15) is 13.2 Å². The van der Waals surface area contributed by atoms with Gasteiger partial charge >= 0.3 is 0 Å². The SMILES string of the molecule is CC1(C)CC1NC(=O)c1ccc(S(N)(=O)=O)cc1. The molecule has 0 bridgehead atoms. The molecule has 2 rings (SSSR count). The van der Waals surface area contributed by atoms with E-state index in [0.717, 1.165) is 6.42 Å². The molecule has 0 aromatic heterocycles. The molecular formula is C12H16N2O3S. The molecule has 1 atom stereocenters. The topological polar surface area (TPSA) is 89.3 Å². The van der Waals surface area contributed by atoms with Gasteiger partial charge in [-0.1, -0.05) is 13.8 Å². The van der Waals surface area contributed by atoms with Gasteiger partial charge < -0.3 is 5.32 Å². The molecule has 18 heavy (non-hydrogen) atoms. The molecule has 1 aliphatic rings. The summed E-state index contributed by atoms with van der Waals surface area (Å²) in [6, 6.07) is 5.79. The van der Waals surface area contributed by atoms with Crippen molar-refractivity contribution in [2.45, 2.75) is 31.2 Å². The summed E-state index contributed by atoms with van der Waals surface area (Å²) in [6.07, 6.45) is 0.966. The Hall–Kier alpha value is -1.40. The van der Waals surface area contributed by atoms with E-state index in [-0.39, 0.29) is 22.3 Å². The van der Waals surface area contributed by atoms with Crippen LogP contribution in [0.5, 0.6) is 0 Å². The molecule has 0 saturated heterocycles. The lowest BCUT2D eigenvalue weighted by molar-refractivity contribution is 0.0946. The third-order valence-electron chi connectivity index (χ3n) is 3.26. The van der Waals surface area contributed by atoms with Gasteiger partial charge in [0.1, 0.15) is 0 Å². The van der Waals surface area contributed by atoms with Crippen molar-refractivity contribution in [1.29, 1.82) is 0 Å². The van der Waals surface area contributed by atoms with E-state index >= 15 is 0 Å². The average Bonchev–Trinajstić information content (AvgIpc) is 2.85. The number of rotatable bonds is 3. The number of carbonyl (C=O) groups is 1. The number of hydrogen-bond acceptors (Lipinski definition) is 3. The zero-order valence-electron chi connectivity index (χ0n) is 10.3. The number of carbonyl (C=O) groups excluding carboxylic acids is 1. The molecule has 1 aliphatic carbocycles. The summed E-state index contributed by atoms with van der Waals surface area (Å²) in [6.45, 7) is 4.17. The molecular weight excluding hydrogens is 252 g/mol.